The van der Waals surface area contributed by atoms with Crippen LogP contribution in [-0.4, -0.2) is 16.3 Å². The van der Waals surface area contributed by atoms with Crippen LogP contribution >= 0.6 is 22.7 Å². The lowest BCUT2D eigenvalue weighted by molar-refractivity contribution is 0.111. The number of aromatic nitrogens is 2. The molecule has 4 aromatic rings. The Bertz CT molecular complexity index is 1020. The van der Waals surface area contributed by atoms with Crippen LogP contribution in [0.5, 0.6) is 0 Å². The number of carbonyl (C=O) groups is 1. The summed E-state index contributed by atoms with van der Waals surface area (Å²) in [7, 11) is 0. The second-order valence-electron chi connectivity index (χ2n) is 5.63. The van der Waals surface area contributed by atoms with Crippen LogP contribution < -0.4 is 4.90 Å². The number of aldehydes is 1. The van der Waals surface area contributed by atoms with E-state index in [9.17, 15) is 4.79 Å². The van der Waals surface area contributed by atoms with E-state index in [2.05, 4.69) is 39.1 Å². The van der Waals surface area contributed by atoms with Gasteiger partial charge in [0.25, 0.3) is 0 Å². The van der Waals surface area contributed by atoms with Crippen molar-refractivity contribution in [2.24, 2.45) is 0 Å². The van der Waals surface area contributed by atoms with Crippen molar-refractivity contribution in [2.75, 3.05) is 4.90 Å². The maximum Gasteiger partial charge on any atom is 0.191 e. The predicted octanol–water partition coefficient (Wildman–Crippen LogP) is 5.21. The summed E-state index contributed by atoms with van der Waals surface area (Å²) in [6.45, 7) is 2.62. The number of anilines is 2. The molecule has 0 radical (unpaired) electrons. The van der Waals surface area contributed by atoms with Gasteiger partial charge in [-0.3, -0.25) is 4.79 Å². The lowest BCUT2D eigenvalue weighted by Gasteiger charge is -2.22. The van der Waals surface area contributed by atoms with Crippen LogP contribution in [0, 0.1) is 6.92 Å². The van der Waals surface area contributed by atoms with Crippen LogP contribution in [0.4, 0.5) is 10.8 Å². The van der Waals surface area contributed by atoms with Gasteiger partial charge in [-0.05, 0) is 30.7 Å². The third-order valence-corrected chi connectivity index (χ3v) is 5.78. The number of aryl methyl sites for hydroxylation is 1. The number of hydrogen-bond acceptors (Lipinski definition) is 6. The topological polar surface area (TPSA) is 46.1 Å². The largest absolute Gasteiger partial charge is 0.313 e. The second-order valence-corrected chi connectivity index (χ2v) is 7.70. The molecule has 6 heteroatoms. The maximum absolute atomic E-state index is 11.2. The Morgan fingerprint density at radius 3 is 2.76 bits per heavy atom. The molecule has 0 N–H and O–H groups in total. The zero-order chi connectivity index (χ0) is 17.2. The quantitative estimate of drug-likeness (QED) is 0.455. The van der Waals surface area contributed by atoms with Crippen molar-refractivity contribution >= 4 is 50.0 Å². The summed E-state index contributed by atoms with van der Waals surface area (Å²) in [4.78, 5) is 23.2. The van der Waals surface area contributed by atoms with Gasteiger partial charge >= 0.3 is 0 Å². The molecule has 0 amide bonds. The van der Waals surface area contributed by atoms with Crippen LogP contribution in [0.15, 0.2) is 54.0 Å². The molecule has 2 aromatic carbocycles. The fourth-order valence-electron chi connectivity index (χ4n) is 2.67. The van der Waals surface area contributed by atoms with Gasteiger partial charge < -0.3 is 4.90 Å². The predicted molar refractivity (Wildman–Crippen MR) is 104 cm³/mol. The highest BCUT2D eigenvalue weighted by Gasteiger charge is 2.17. The zero-order valence-electron chi connectivity index (χ0n) is 13.5. The molecule has 0 aliphatic carbocycles. The third kappa shape index (κ3) is 3.18. The molecule has 0 bridgehead atoms. The molecule has 2 heterocycles. The fourth-order valence-corrected chi connectivity index (χ4v) is 4.27. The molecular formula is C19H15N3OS2. The zero-order valence-corrected chi connectivity index (χ0v) is 15.2. The van der Waals surface area contributed by atoms with E-state index in [1.807, 2.05) is 36.7 Å². The Kier molecular flexibility index (Phi) is 4.29. The molecule has 2 aromatic heterocycles. The maximum atomic E-state index is 11.2. The summed E-state index contributed by atoms with van der Waals surface area (Å²) < 4.78 is 1.14. The van der Waals surface area contributed by atoms with E-state index in [0.717, 1.165) is 32.2 Å². The first kappa shape index (κ1) is 15.9. The highest BCUT2D eigenvalue weighted by atomic mass is 32.1. The van der Waals surface area contributed by atoms with Crippen molar-refractivity contribution in [3.8, 4) is 0 Å². The second kappa shape index (κ2) is 6.74. The average molecular weight is 365 g/mol. The monoisotopic (exact) mass is 365 g/mol. The third-order valence-electron chi connectivity index (χ3n) is 3.97. The standard InChI is InChI=1S/C19H15N3OS2/c1-13-17(11-23)21-19(25-13)22(10-14-5-3-2-4-6-14)15-7-8-16-18(9-15)24-12-20-16/h2-9,11-12H,10H2,1H3. The van der Waals surface area contributed by atoms with Gasteiger partial charge in [-0.1, -0.05) is 30.3 Å². The van der Waals surface area contributed by atoms with Crippen molar-refractivity contribution in [1.82, 2.24) is 9.97 Å². The molecular weight excluding hydrogens is 350 g/mol. The summed E-state index contributed by atoms with van der Waals surface area (Å²) in [5.74, 6) is 0. The van der Waals surface area contributed by atoms with Gasteiger partial charge in [0.2, 0.25) is 0 Å². The lowest BCUT2D eigenvalue weighted by Crippen LogP contribution is -2.16. The van der Waals surface area contributed by atoms with Gasteiger partial charge in [0.05, 0.1) is 22.3 Å². The Morgan fingerprint density at radius 2 is 2.00 bits per heavy atom. The van der Waals surface area contributed by atoms with Crippen molar-refractivity contribution < 1.29 is 4.79 Å². The van der Waals surface area contributed by atoms with Crippen molar-refractivity contribution in [3.63, 3.8) is 0 Å². The molecule has 0 spiro atoms. The molecule has 0 fully saturated rings. The van der Waals surface area contributed by atoms with Crippen molar-refractivity contribution in [1.29, 1.82) is 0 Å². The van der Waals surface area contributed by atoms with E-state index >= 15 is 0 Å². The molecule has 25 heavy (non-hydrogen) atoms. The lowest BCUT2D eigenvalue weighted by atomic mass is 10.2. The van der Waals surface area contributed by atoms with Crippen molar-refractivity contribution in [2.45, 2.75) is 13.5 Å². The summed E-state index contributed by atoms with van der Waals surface area (Å²) in [6, 6.07) is 16.5. The van der Waals surface area contributed by atoms with E-state index in [1.54, 1.807) is 11.3 Å². The molecule has 0 atom stereocenters. The number of rotatable bonds is 5. The van der Waals surface area contributed by atoms with Gasteiger partial charge in [0.1, 0.15) is 5.69 Å². The van der Waals surface area contributed by atoms with Crippen LogP contribution in [-0.2, 0) is 6.54 Å². The van der Waals surface area contributed by atoms with Crippen LogP contribution in [0.1, 0.15) is 20.9 Å². The van der Waals surface area contributed by atoms with E-state index in [1.165, 1.54) is 16.9 Å². The van der Waals surface area contributed by atoms with E-state index in [0.29, 0.717) is 12.2 Å². The molecule has 0 saturated carbocycles. The number of nitrogens with zero attached hydrogens (tertiary/aromatic N) is 3. The van der Waals surface area contributed by atoms with Crippen LogP contribution in [0.2, 0.25) is 0 Å². The summed E-state index contributed by atoms with van der Waals surface area (Å²) in [5.41, 5.74) is 5.60. The van der Waals surface area contributed by atoms with Gasteiger partial charge in [0.15, 0.2) is 11.4 Å². The molecule has 0 aliphatic heterocycles. The molecule has 4 rings (SSSR count). The summed E-state index contributed by atoms with van der Waals surface area (Å²) in [6.07, 6.45) is 0.822. The SMILES string of the molecule is Cc1sc(N(Cc2ccccc2)c2ccc3ncsc3c2)nc1C=O. The van der Waals surface area contributed by atoms with Crippen LogP contribution in [0.25, 0.3) is 10.2 Å². The minimum Gasteiger partial charge on any atom is -0.313 e. The molecule has 0 saturated heterocycles. The highest BCUT2D eigenvalue weighted by molar-refractivity contribution is 7.17. The van der Waals surface area contributed by atoms with Crippen molar-refractivity contribution in [3.05, 3.63) is 70.2 Å². The minimum absolute atomic E-state index is 0.511. The number of carbonyl (C=O) groups excluding carboxylic acids is 1. The van der Waals surface area contributed by atoms with E-state index in [-0.39, 0.29) is 0 Å². The first-order chi connectivity index (χ1) is 12.2. The van der Waals surface area contributed by atoms with Gasteiger partial charge in [-0.15, -0.1) is 22.7 Å². The number of thiazole rings is 2. The minimum atomic E-state index is 0.511. The van der Waals surface area contributed by atoms with E-state index in [4.69, 9.17) is 0 Å². The first-order valence-corrected chi connectivity index (χ1v) is 9.51. The number of fused-ring (bicyclic) bond motifs is 1. The number of hydrogen-bond donors (Lipinski definition) is 0. The Balaban J connectivity index is 1.80. The Hall–Kier alpha value is -2.57. The molecule has 0 aliphatic rings. The smallest absolute Gasteiger partial charge is 0.191 e. The highest BCUT2D eigenvalue weighted by Crippen LogP contribution is 2.34. The normalized spacial score (nSPS) is 10.9. The summed E-state index contributed by atoms with van der Waals surface area (Å²) >= 11 is 3.16. The number of benzene rings is 2. The first-order valence-electron chi connectivity index (χ1n) is 7.82. The Morgan fingerprint density at radius 1 is 1.16 bits per heavy atom. The van der Waals surface area contributed by atoms with Gasteiger partial charge in [-0.25, -0.2) is 9.97 Å². The average Bonchev–Trinajstić information content (AvgIpc) is 3.26. The Labute approximate surface area is 153 Å². The fraction of sp³-hybridized carbons (Fsp3) is 0.105. The molecule has 0 unspecified atom stereocenters. The van der Waals surface area contributed by atoms with Gasteiger partial charge in [0, 0.05) is 10.6 Å². The molecule has 4 nitrogen and oxygen atoms in total. The van der Waals surface area contributed by atoms with Crippen LogP contribution in [0.3, 0.4) is 0 Å². The summed E-state index contributed by atoms with van der Waals surface area (Å²) in [5, 5.41) is 0.826. The van der Waals surface area contributed by atoms with Gasteiger partial charge in [-0.2, -0.15) is 0 Å². The molecule has 124 valence electrons. The van der Waals surface area contributed by atoms with E-state index < -0.39 is 0 Å².